The van der Waals surface area contributed by atoms with E-state index in [-0.39, 0.29) is 22.8 Å². The van der Waals surface area contributed by atoms with Crippen molar-refractivity contribution in [1.29, 1.82) is 0 Å². The molecule has 0 bridgehead atoms. The molecule has 1 saturated carbocycles. The van der Waals surface area contributed by atoms with Gasteiger partial charge >= 0.3 is 5.97 Å². The highest BCUT2D eigenvalue weighted by Crippen LogP contribution is 2.32. The molecule has 22 heavy (non-hydrogen) atoms. The molecule has 0 spiro atoms. The number of hydrogen-bond acceptors (Lipinski definition) is 5. The molecule has 0 saturated heterocycles. The molecule has 0 amide bonds. The van der Waals surface area contributed by atoms with Crippen LogP contribution in [0.15, 0.2) is 10.3 Å². The molecular weight excluding hydrogens is 348 g/mol. The number of nitrogens with zero attached hydrogens (tertiary/aromatic N) is 1. The molecule has 0 radical (unpaired) electrons. The molecular formula is C13H19ClN2O4S2. The topological polar surface area (TPSA) is 86.7 Å². The summed E-state index contributed by atoms with van der Waals surface area (Å²) in [6.07, 6.45) is 1.25. The fourth-order valence-electron chi connectivity index (χ4n) is 2.50. The van der Waals surface area contributed by atoms with Gasteiger partial charge in [0.2, 0.25) is 10.0 Å². The predicted octanol–water partition coefficient (Wildman–Crippen LogP) is 1.93. The van der Waals surface area contributed by atoms with Crippen molar-refractivity contribution in [3.63, 3.8) is 0 Å². The SMILES string of the molecule is CCN(CC(=O)O)C1CC(NS(=O)(=O)c2cc(C)c(Cl)s2)C1. The molecule has 6 nitrogen and oxygen atoms in total. The Morgan fingerprint density at radius 3 is 2.64 bits per heavy atom. The summed E-state index contributed by atoms with van der Waals surface area (Å²) in [6.45, 7) is 4.29. The Morgan fingerprint density at radius 1 is 1.55 bits per heavy atom. The van der Waals surface area contributed by atoms with Crippen LogP contribution in [0.25, 0.3) is 0 Å². The van der Waals surface area contributed by atoms with Gasteiger partial charge < -0.3 is 5.11 Å². The van der Waals surface area contributed by atoms with E-state index in [1.165, 1.54) is 0 Å². The lowest BCUT2D eigenvalue weighted by atomic mass is 9.86. The number of aliphatic carboxylic acids is 1. The van der Waals surface area contributed by atoms with Crippen LogP contribution in [0.4, 0.5) is 0 Å². The van der Waals surface area contributed by atoms with E-state index in [4.69, 9.17) is 16.7 Å². The third-order valence-electron chi connectivity index (χ3n) is 3.80. The molecule has 0 unspecified atom stereocenters. The highest BCUT2D eigenvalue weighted by molar-refractivity contribution is 7.91. The Morgan fingerprint density at radius 2 is 2.18 bits per heavy atom. The fraction of sp³-hybridized carbons (Fsp3) is 0.615. The number of hydrogen-bond donors (Lipinski definition) is 2. The molecule has 0 atom stereocenters. The second-order valence-corrected chi connectivity index (χ2v) is 9.02. The van der Waals surface area contributed by atoms with Gasteiger partial charge in [-0.1, -0.05) is 18.5 Å². The lowest BCUT2D eigenvalue weighted by Gasteiger charge is -2.41. The van der Waals surface area contributed by atoms with Crippen LogP contribution >= 0.6 is 22.9 Å². The minimum absolute atomic E-state index is 0.0135. The summed E-state index contributed by atoms with van der Waals surface area (Å²) in [5, 5.41) is 8.85. The van der Waals surface area contributed by atoms with Crippen molar-refractivity contribution in [1.82, 2.24) is 9.62 Å². The Labute approximate surface area is 139 Å². The van der Waals surface area contributed by atoms with E-state index in [1.807, 2.05) is 11.8 Å². The zero-order valence-corrected chi connectivity index (χ0v) is 14.8. The first kappa shape index (κ1) is 17.7. The molecule has 1 fully saturated rings. The third kappa shape index (κ3) is 3.99. The molecule has 0 aromatic carbocycles. The maximum atomic E-state index is 12.3. The number of halogens is 1. The average Bonchev–Trinajstić information content (AvgIpc) is 2.72. The van der Waals surface area contributed by atoms with Crippen LogP contribution in [0, 0.1) is 6.92 Å². The zero-order valence-electron chi connectivity index (χ0n) is 12.4. The van der Waals surface area contributed by atoms with Gasteiger partial charge in [0.15, 0.2) is 0 Å². The molecule has 1 aromatic heterocycles. The highest BCUT2D eigenvalue weighted by Gasteiger charge is 2.36. The minimum Gasteiger partial charge on any atom is -0.480 e. The first-order chi connectivity index (χ1) is 10.2. The molecule has 9 heteroatoms. The van der Waals surface area contributed by atoms with Crippen molar-refractivity contribution < 1.29 is 18.3 Å². The Hall–Kier alpha value is -0.670. The Kier molecular flexibility index (Phi) is 5.50. The van der Waals surface area contributed by atoms with Gasteiger partial charge in [-0.05, 0) is 37.9 Å². The molecule has 2 rings (SSSR count). The van der Waals surface area contributed by atoms with Crippen molar-refractivity contribution in [3.8, 4) is 0 Å². The van der Waals surface area contributed by atoms with Crippen molar-refractivity contribution in [2.24, 2.45) is 0 Å². The van der Waals surface area contributed by atoms with Crippen LogP contribution in [-0.4, -0.2) is 49.6 Å². The molecule has 1 aromatic rings. The van der Waals surface area contributed by atoms with Crippen LogP contribution in [-0.2, 0) is 14.8 Å². The molecule has 1 aliphatic carbocycles. The van der Waals surface area contributed by atoms with Crippen molar-refractivity contribution >= 4 is 38.9 Å². The normalized spacial score (nSPS) is 21.8. The number of nitrogens with one attached hydrogen (secondary N) is 1. The second-order valence-electron chi connectivity index (χ2n) is 5.42. The lowest BCUT2D eigenvalue weighted by molar-refractivity contribution is -0.139. The summed E-state index contributed by atoms with van der Waals surface area (Å²) in [4.78, 5) is 12.6. The summed E-state index contributed by atoms with van der Waals surface area (Å²) in [6, 6.07) is 1.52. The Balaban J connectivity index is 1.92. The van der Waals surface area contributed by atoms with Crippen molar-refractivity contribution in [2.75, 3.05) is 13.1 Å². The predicted molar refractivity (Wildman–Crippen MR) is 86.1 cm³/mol. The van der Waals surface area contributed by atoms with Crippen molar-refractivity contribution in [2.45, 2.75) is 43.0 Å². The summed E-state index contributed by atoms with van der Waals surface area (Å²) in [7, 11) is -3.55. The van der Waals surface area contributed by atoms with E-state index in [0.717, 1.165) is 16.9 Å². The maximum Gasteiger partial charge on any atom is 0.317 e. The molecule has 1 aliphatic rings. The van der Waals surface area contributed by atoms with Gasteiger partial charge in [-0.2, -0.15) is 0 Å². The van der Waals surface area contributed by atoms with Crippen LogP contribution in [0.2, 0.25) is 4.34 Å². The summed E-state index contributed by atoms with van der Waals surface area (Å²) in [5.41, 5.74) is 0.747. The van der Waals surface area contributed by atoms with E-state index in [2.05, 4.69) is 4.72 Å². The number of carboxylic acids is 1. The van der Waals surface area contributed by atoms with Gasteiger partial charge in [-0.3, -0.25) is 9.69 Å². The van der Waals surface area contributed by atoms with E-state index >= 15 is 0 Å². The first-order valence-electron chi connectivity index (χ1n) is 6.97. The number of thiophene rings is 1. The maximum absolute atomic E-state index is 12.3. The molecule has 2 N–H and O–H groups in total. The zero-order chi connectivity index (χ0) is 16.5. The summed E-state index contributed by atoms with van der Waals surface area (Å²) < 4.78 is 27.9. The van der Waals surface area contributed by atoms with Crippen LogP contribution in [0.5, 0.6) is 0 Å². The van der Waals surface area contributed by atoms with Crippen LogP contribution < -0.4 is 4.72 Å². The smallest absolute Gasteiger partial charge is 0.317 e. The van der Waals surface area contributed by atoms with Gasteiger partial charge in [0.05, 0.1) is 10.9 Å². The van der Waals surface area contributed by atoms with Crippen LogP contribution in [0.3, 0.4) is 0 Å². The monoisotopic (exact) mass is 366 g/mol. The lowest BCUT2D eigenvalue weighted by Crippen LogP contribution is -2.54. The molecule has 124 valence electrons. The second kappa shape index (κ2) is 6.84. The number of likely N-dealkylation sites (N-methyl/N-ethyl adjacent to an activating group) is 1. The molecule has 1 heterocycles. The van der Waals surface area contributed by atoms with Crippen LogP contribution in [0.1, 0.15) is 25.3 Å². The average molecular weight is 367 g/mol. The van der Waals surface area contributed by atoms with E-state index in [0.29, 0.717) is 23.7 Å². The van der Waals surface area contributed by atoms with Gasteiger partial charge in [0.1, 0.15) is 4.21 Å². The number of aryl methyl sites for hydroxylation is 1. The van der Waals surface area contributed by atoms with E-state index in [1.54, 1.807) is 13.0 Å². The van der Waals surface area contributed by atoms with Gasteiger partial charge in [-0.25, -0.2) is 13.1 Å². The fourth-order valence-corrected chi connectivity index (χ4v) is 5.48. The standard InChI is InChI=1S/C13H19ClN2O4S2/c1-3-16(7-11(17)18)10-5-9(6-10)15-22(19,20)12-4-8(2)13(14)21-12/h4,9-10,15H,3,5-7H2,1-2H3,(H,17,18). The van der Waals surface area contributed by atoms with E-state index < -0.39 is 16.0 Å². The summed E-state index contributed by atoms with van der Waals surface area (Å²) in [5.74, 6) is -0.866. The highest BCUT2D eigenvalue weighted by atomic mass is 35.5. The van der Waals surface area contributed by atoms with Gasteiger partial charge in [0, 0.05) is 12.1 Å². The largest absolute Gasteiger partial charge is 0.480 e. The summed E-state index contributed by atoms with van der Waals surface area (Å²) >= 11 is 6.96. The quantitative estimate of drug-likeness (QED) is 0.770. The molecule has 0 aliphatic heterocycles. The number of sulfonamides is 1. The van der Waals surface area contributed by atoms with Crippen molar-refractivity contribution in [3.05, 3.63) is 16.0 Å². The minimum atomic E-state index is -3.55. The van der Waals surface area contributed by atoms with Gasteiger partial charge in [-0.15, -0.1) is 11.3 Å². The number of rotatable bonds is 7. The number of carbonyl (C=O) groups is 1. The number of carboxylic acid groups (broad SMARTS) is 1. The first-order valence-corrected chi connectivity index (χ1v) is 9.64. The third-order valence-corrected chi connectivity index (χ3v) is 7.34. The van der Waals surface area contributed by atoms with Gasteiger partial charge in [0.25, 0.3) is 0 Å². The Bertz CT molecular complexity index is 633. The van der Waals surface area contributed by atoms with E-state index in [9.17, 15) is 13.2 Å².